The van der Waals surface area contributed by atoms with Gasteiger partial charge in [-0.15, -0.1) is 0 Å². The second-order valence-corrected chi connectivity index (χ2v) is 7.48. The van der Waals surface area contributed by atoms with Crippen LogP contribution in [0, 0.1) is 6.92 Å². The van der Waals surface area contributed by atoms with Gasteiger partial charge >= 0.3 is 0 Å². The van der Waals surface area contributed by atoms with Crippen LogP contribution < -0.4 is 4.90 Å². The van der Waals surface area contributed by atoms with Crippen molar-refractivity contribution >= 4 is 16.6 Å². The lowest BCUT2D eigenvalue weighted by Crippen LogP contribution is -2.15. The Kier molecular flexibility index (Phi) is 5.91. The third-order valence-electron chi connectivity index (χ3n) is 5.51. The molecule has 0 aliphatic rings. The summed E-state index contributed by atoms with van der Waals surface area (Å²) in [6.07, 6.45) is 1.14. The Morgan fingerprint density at radius 2 is 1.67 bits per heavy atom. The molecule has 0 aliphatic heterocycles. The molecular formula is C24H32N2O. The molecule has 0 amide bonds. The maximum atomic E-state index is 6.59. The molecule has 2 aromatic carbocycles. The van der Waals surface area contributed by atoms with Gasteiger partial charge in [0.1, 0.15) is 6.10 Å². The zero-order chi connectivity index (χ0) is 19.6. The quantitative estimate of drug-likeness (QED) is 0.516. The summed E-state index contributed by atoms with van der Waals surface area (Å²) in [7, 11) is 4.14. The highest BCUT2D eigenvalue weighted by Crippen LogP contribution is 2.37. The van der Waals surface area contributed by atoms with Crippen LogP contribution in [0.1, 0.15) is 50.1 Å². The first-order valence-corrected chi connectivity index (χ1v) is 9.98. The minimum absolute atomic E-state index is 0.0612. The molecule has 2 atom stereocenters. The Morgan fingerprint density at radius 3 is 2.26 bits per heavy atom. The monoisotopic (exact) mass is 364 g/mol. The Labute approximate surface area is 163 Å². The van der Waals surface area contributed by atoms with Crippen LogP contribution in [0.2, 0.25) is 0 Å². The topological polar surface area (TPSA) is 17.4 Å². The van der Waals surface area contributed by atoms with E-state index >= 15 is 0 Å². The molecule has 0 aliphatic carbocycles. The summed E-state index contributed by atoms with van der Waals surface area (Å²) in [6.45, 7) is 9.73. The lowest BCUT2D eigenvalue weighted by atomic mass is 9.97. The summed E-state index contributed by atoms with van der Waals surface area (Å²) in [5, 5.41) is 1.29. The van der Waals surface area contributed by atoms with Gasteiger partial charge < -0.3 is 14.2 Å². The molecule has 3 aromatic rings. The molecule has 0 spiro atoms. The van der Waals surface area contributed by atoms with Crippen molar-refractivity contribution in [1.82, 2.24) is 4.57 Å². The first-order chi connectivity index (χ1) is 13.0. The molecule has 3 rings (SSSR count). The third-order valence-corrected chi connectivity index (χ3v) is 5.51. The predicted molar refractivity (Wildman–Crippen MR) is 116 cm³/mol. The van der Waals surface area contributed by atoms with Gasteiger partial charge in [-0.25, -0.2) is 0 Å². The van der Waals surface area contributed by atoms with E-state index in [0.717, 1.165) is 13.0 Å². The zero-order valence-electron chi connectivity index (χ0n) is 17.5. The third kappa shape index (κ3) is 3.74. The molecule has 3 heteroatoms. The second kappa shape index (κ2) is 8.18. The van der Waals surface area contributed by atoms with Gasteiger partial charge in [-0.05, 0) is 51.0 Å². The Bertz CT molecular complexity index is 893. The minimum atomic E-state index is -0.0612. The maximum Gasteiger partial charge on any atom is 0.110 e. The first-order valence-electron chi connectivity index (χ1n) is 9.98. The van der Waals surface area contributed by atoms with Crippen molar-refractivity contribution < 1.29 is 4.74 Å². The Balaban J connectivity index is 2.17. The van der Waals surface area contributed by atoms with Gasteiger partial charge in [-0.2, -0.15) is 0 Å². The standard InChI is InChI=1S/C24H32N2O/c1-7-17(3)27-24(19-13-15-20(16-14-19)25(5)6)23-18(4)26(8-2)22-12-10-9-11-21(22)23/h9-17,24H,7-8H2,1-6H3. The van der Waals surface area contributed by atoms with E-state index in [-0.39, 0.29) is 12.2 Å². The van der Waals surface area contributed by atoms with Crippen molar-refractivity contribution in [3.8, 4) is 0 Å². The van der Waals surface area contributed by atoms with Crippen LogP contribution in [0.4, 0.5) is 5.69 Å². The van der Waals surface area contributed by atoms with Crippen molar-refractivity contribution in [2.75, 3.05) is 19.0 Å². The number of benzene rings is 2. The van der Waals surface area contributed by atoms with E-state index < -0.39 is 0 Å². The number of fused-ring (bicyclic) bond motifs is 1. The summed E-state index contributed by atoms with van der Waals surface area (Å²) >= 11 is 0. The minimum Gasteiger partial charge on any atom is -0.378 e. The Hall–Kier alpha value is -2.26. The lowest BCUT2D eigenvalue weighted by Gasteiger charge is -2.24. The van der Waals surface area contributed by atoms with Crippen LogP contribution in [0.15, 0.2) is 48.5 Å². The normalized spacial score (nSPS) is 13.7. The fraction of sp³-hybridized carbons (Fsp3) is 0.417. The van der Waals surface area contributed by atoms with E-state index in [1.54, 1.807) is 0 Å². The van der Waals surface area contributed by atoms with E-state index in [2.05, 4.69) is 99.8 Å². The SMILES string of the molecule is CCC(C)OC(c1ccc(N(C)C)cc1)c1c(C)n(CC)c2ccccc12. The number of nitrogens with zero attached hydrogens (tertiary/aromatic N) is 2. The fourth-order valence-electron chi connectivity index (χ4n) is 3.79. The van der Waals surface area contributed by atoms with Crippen LogP contribution in [0.25, 0.3) is 10.9 Å². The molecule has 0 radical (unpaired) electrons. The summed E-state index contributed by atoms with van der Waals surface area (Å²) in [4.78, 5) is 2.13. The van der Waals surface area contributed by atoms with Crippen LogP contribution in [-0.4, -0.2) is 24.8 Å². The predicted octanol–water partition coefficient (Wildman–Crippen LogP) is 5.94. The molecule has 3 nitrogen and oxygen atoms in total. The van der Waals surface area contributed by atoms with E-state index in [1.807, 2.05) is 0 Å². The van der Waals surface area contributed by atoms with Crippen molar-refractivity contribution in [1.29, 1.82) is 0 Å². The van der Waals surface area contributed by atoms with E-state index in [1.165, 1.54) is 33.4 Å². The number of ether oxygens (including phenoxy) is 1. The summed E-state index contributed by atoms with van der Waals surface area (Å²) < 4.78 is 8.99. The molecular weight excluding hydrogens is 332 g/mol. The van der Waals surface area contributed by atoms with Gasteiger partial charge in [0.05, 0.1) is 6.10 Å². The van der Waals surface area contributed by atoms with Gasteiger partial charge in [0.25, 0.3) is 0 Å². The highest BCUT2D eigenvalue weighted by Gasteiger charge is 2.25. The number of anilines is 1. The fourth-order valence-corrected chi connectivity index (χ4v) is 3.79. The summed E-state index contributed by atoms with van der Waals surface area (Å²) in [5.74, 6) is 0. The van der Waals surface area contributed by atoms with Gasteiger partial charge in [-0.1, -0.05) is 37.3 Å². The van der Waals surface area contributed by atoms with Gasteiger partial charge in [0, 0.05) is 48.5 Å². The number of para-hydroxylation sites is 1. The maximum absolute atomic E-state index is 6.59. The van der Waals surface area contributed by atoms with E-state index in [4.69, 9.17) is 4.74 Å². The van der Waals surface area contributed by atoms with Crippen LogP contribution in [0.5, 0.6) is 0 Å². The molecule has 1 heterocycles. The van der Waals surface area contributed by atoms with Crippen molar-refractivity contribution in [3.63, 3.8) is 0 Å². The van der Waals surface area contributed by atoms with Gasteiger partial charge in [0.15, 0.2) is 0 Å². The number of aryl methyl sites for hydroxylation is 1. The van der Waals surface area contributed by atoms with Crippen molar-refractivity contribution in [2.24, 2.45) is 0 Å². The highest BCUT2D eigenvalue weighted by molar-refractivity contribution is 5.86. The van der Waals surface area contributed by atoms with E-state index in [0.29, 0.717) is 0 Å². The van der Waals surface area contributed by atoms with Gasteiger partial charge in [0.2, 0.25) is 0 Å². The molecule has 0 fully saturated rings. The average Bonchev–Trinajstić information content (AvgIpc) is 2.97. The van der Waals surface area contributed by atoms with Gasteiger partial charge in [-0.3, -0.25) is 0 Å². The summed E-state index contributed by atoms with van der Waals surface area (Å²) in [6, 6.07) is 17.5. The zero-order valence-corrected chi connectivity index (χ0v) is 17.5. The highest BCUT2D eigenvalue weighted by atomic mass is 16.5. The lowest BCUT2D eigenvalue weighted by molar-refractivity contribution is 0.0177. The second-order valence-electron chi connectivity index (χ2n) is 7.48. The molecule has 144 valence electrons. The number of rotatable bonds is 7. The van der Waals surface area contributed by atoms with Crippen molar-refractivity contribution in [3.05, 3.63) is 65.4 Å². The van der Waals surface area contributed by atoms with Crippen molar-refractivity contribution in [2.45, 2.75) is 52.9 Å². The molecule has 2 unspecified atom stereocenters. The van der Waals surface area contributed by atoms with E-state index in [9.17, 15) is 0 Å². The molecule has 0 bridgehead atoms. The molecule has 0 N–H and O–H groups in total. The largest absolute Gasteiger partial charge is 0.378 e. The molecule has 0 saturated heterocycles. The smallest absolute Gasteiger partial charge is 0.110 e. The summed E-state index contributed by atoms with van der Waals surface area (Å²) in [5.41, 5.74) is 6.29. The average molecular weight is 365 g/mol. The molecule has 0 saturated carbocycles. The number of hydrogen-bond donors (Lipinski definition) is 0. The van der Waals surface area contributed by atoms with Crippen LogP contribution in [-0.2, 0) is 11.3 Å². The Morgan fingerprint density at radius 1 is 1.00 bits per heavy atom. The number of hydrogen-bond acceptors (Lipinski definition) is 2. The first kappa shape index (κ1) is 19.5. The molecule has 1 aromatic heterocycles. The molecule has 27 heavy (non-hydrogen) atoms. The van der Waals surface area contributed by atoms with Crippen LogP contribution >= 0.6 is 0 Å². The number of aromatic nitrogens is 1. The van der Waals surface area contributed by atoms with Crippen LogP contribution in [0.3, 0.4) is 0 Å².